The van der Waals surface area contributed by atoms with E-state index in [0.29, 0.717) is 41.3 Å². The van der Waals surface area contributed by atoms with Crippen LogP contribution in [0.5, 0.6) is 17.2 Å². The second kappa shape index (κ2) is 10.4. The number of hydrogen-bond donors (Lipinski definition) is 1. The second-order valence-electron chi connectivity index (χ2n) is 7.99. The molecule has 0 saturated carbocycles. The summed E-state index contributed by atoms with van der Waals surface area (Å²) in [6.07, 6.45) is 0.655. The summed E-state index contributed by atoms with van der Waals surface area (Å²) in [6, 6.07) is 11.1. The summed E-state index contributed by atoms with van der Waals surface area (Å²) in [6.45, 7) is 1.07. The first kappa shape index (κ1) is 24.1. The standard InChI is InChI=1S/C25H30N2O6/c1-26(2)12-7-13-27-22(19-15-18(32-4)10-11-20(19)33-5)21(24(29)25(27)30)23(28)16-8-6-9-17(14-16)31-3/h6,8-11,14-15,22,28H,7,12-13H2,1-5H3/t22-/m0/s1. The maximum atomic E-state index is 13.2. The zero-order valence-corrected chi connectivity index (χ0v) is 19.6. The Balaban J connectivity index is 2.20. The van der Waals surface area contributed by atoms with E-state index in [0.717, 1.165) is 6.54 Å². The number of amides is 1. The largest absolute Gasteiger partial charge is 0.507 e. The number of aliphatic hydroxyl groups excluding tert-OH is 1. The van der Waals surface area contributed by atoms with E-state index in [4.69, 9.17) is 14.2 Å². The topological polar surface area (TPSA) is 88.5 Å². The van der Waals surface area contributed by atoms with Crippen molar-refractivity contribution in [1.82, 2.24) is 9.80 Å². The summed E-state index contributed by atoms with van der Waals surface area (Å²) < 4.78 is 16.2. The van der Waals surface area contributed by atoms with Gasteiger partial charge in [0, 0.05) is 17.7 Å². The molecule has 0 spiro atoms. The van der Waals surface area contributed by atoms with Crippen LogP contribution >= 0.6 is 0 Å². The molecular weight excluding hydrogens is 424 g/mol. The molecule has 176 valence electrons. The van der Waals surface area contributed by atoms with Gasteiger partial charge >= 0.3 is 0 Å². The zero-order valence-electron chi connectivity index (χ0n) is 19.6. The number of likely N-dealkylation sites (tertiary alicyclic amines) is 1. The van der Waals surface area contributed by atoms with Gasteiger partial charge in [-0.25, -0.2) is 0 Å². The van der Waals surface area contributed by atoms with Crippen molar-refractivity contribution >= 4 is 17.4 Å². The lowest BCUT2D eigenvalue weighted by molar-refractivity contribution is -0.140. The normalized spacial score (nSPS) is 17.5. The summed E-state index contributed by atoms with van der Waals surface area (Å²) in [4.78, 5) is 29.8. The number of aliphatic hydroxyl groups is 1. The minimum atomic E-state index is -0.830. The Hall–Kier alpha value is -3.52. The first-order chi connectivity index (χ1) is 15.8. The fourth-order valence-corrected chi connectivity index (χ4v) is 3.97. The van der Waals surface area contributed by atoms with Gasteiger partial charge in [0.15, 0.2) is 0 Å². The van der Waals surface area contributed by atoms with E-state index in [1.54, 1.807) is 42.5 Å². The molecule has 0 radical (unpaired) electrons. The van der Waals surface area contributed by atoms with Crippen LogP contribution in [0.2, 0.25) is 0 Å². The number of benzene rings is 2. The van der Waals surface area contributed by atoms with Crippen LogP contribution < -0.4 is 14.2 Å². The minimum absolute atomic E-state index is 0.00431. The average molecular weight is 455 g/mol. The number of carbonyl (C=O) groups excluding carboxylic acids is 2. The number of Topliss-reactive ketones (excluding diaryl/α,β-unsaturated/α-hetero) is 1. The molecule has 1 N–H and O–H groups in total. The number of rotatable bonds is 9. The van der Waals surface area contributed by atoms with Crippen molar-refractivity contribution in [3.05, 3.63) is 59.2 Å². The number of hydrogen-bond acceptors (Lipinski definition) is 7. The quantitative estimate of drug-likeness (QED) is 0.354. The van der Waals surface area contributed by atoms with E-state index in [1.807, 2.05) is 19.0 Å². The molecule has 1 heterocycles. The van der Waals surface area contributed by atoms with Crippen molar-refractivity contribution in [1.29, 1.82) is 0 Å². The smallest absolute Gasteiger partial charge is 0.295 e. The summed E-state index contributed by atoms with van der Waals surface area (Å²) in [5, 5.41) is 11.2. The highest BCUT2D eigenvalue weighted by Crippen LogP contribution is 2.44. The van der Waals surface area contributed by atoms with Gasteiger partial charge in [-0.3, -0.25) is 9.59 Å². The van der Waals surface area contributed by atoms with E-state index < -0.39 is 17.7 Å². The van der Waals surface area contributed by atoms with Gasteiger partial charge in [-0.1, -0.05) is 12.1 Å². The first-order valence-electron chi connectivity index (χ1n) is 10.6. The van der Waals surface area contributed by atoms with E-state index >= 15 is 0 Å². The lowest BCUT2D eigenvalue weighted by Gasteiger charge is -2.27. The van der Waals surface area contributed by atoms with Crippen molar-refractivity contribution in [3.63, 3.8) is 0 Å². The Morgan fingerprint density at radius 1 is 1.00 bits per heavy atom. The summed E-state index contributed by atoms with van der Waals surface area (Å²) in [5.74, 6) is -0.113. The third-order valence-electron chi connectivity index (χ3n) is 5.62. The van der Waals surface area contributed by atoms with Crippen molar-refractivity contribution in [2.75, 3.05) is 48.5 Å². The minimum Gasteiger partial charge on any atom is -0.507 e. The molecule has 0 unspecified atom stereocenters. The highest BCUT2D eigenvalue weighted by Gasteiger charge is 2.47. The Labute approximate surface area is 194 Å². The molecular formula is C25H30N2O6. The lowest BCUT2D eigenvalue weighted by atomic mass is 9.94. The number of nitrogens with zero attached hydrogens (tertiary/aromatic N) is 2. The Morgan fingerprint density at radius 2 is 1.70 bits per heavy atom. The molecule has 2 aromatic carbocycles. The number of ether oxygens (including phenoxy) is 3. The van der Waals surface area contributed by atoms with Crippen LogP contribution in [-0.4, -0.2) is 75.1 Å². The molecule has 33 heavy (non-hydrogen) atoms. The van der Waals surface area contributed by atoms with Gasteiger partial charge in [0.1, 0.15) is 23.0 Å². The van der Waals surface area contributed by atoms with Crippen LogP contribution in [0.4, 0.5) is 0 Å². The number of carbonyl (C=O) groups is 2. The Bertz CT molecular complexity index is 1060. The molecule has 2 aromatic rings. The van der Waals surface area contributed by atoms with E-state index in [9.17, 15) is 14.7 Å². The maximum Gasteiger partial charge on any atom is 0.295 e. The lowest BCUT2D eigenvalue weighted by Crippen LogP contribution is -2.32. The molecule has 1 aliphatic heterocycles. The van der Waals surface area contributed by atoms with Crippen LogP contribution in [0.1, 0.15) is 23.6 Å². The Morgan fingerprint density at radius 3 is 2.33 bits per heavy atom. The average Bonchev–Trinajstić information content (AvgIpc) is 3.07. The van der Waals surface area contributed by atoms with E-state index in [2.05, 4.69) is 0 Å². The second-order valence-corrected chi connectivity index (χ2v) is 7.99. The van der Waals surface area contributed by atoms with Crippen LogP contribution in [0, 0.1) is 0 Å². The molecule has 1 fully saturated rings. The van der Waals surface area contributed by atoms with Gasteiger partial charge in [0.25, 0.3) is 11.7 Å². The van der Waals surface area contributed by atoms with Gasteiger partial charge in [0.05, 0.1) is 32.9 Å². The zero-order chi connectivity index (χ0) is 24.1. The fourth-order valence-electron chi connectivity index (χ4n) is 3.97. The monoisotopic (exact) mass is 454 g/mol. The SMILES string of the molecule is COc1cccc(C(O)=C2C(=O)C(=O)N(CCCN(C)C)[C@H]2c2cc(OC)ccc2OC)c1. The third-order valence-corrected chi connectivity index (χ3v) is 5.62. The first-order valence-corrected chi connectivity index (χ1v) is 10.6. The predicted molar refractivity (Wildman–Crippen MR) is 125 cm³/mol. The molecule has 0 aliphatic carbocycles. The van der Waals surface area contributed by atoms with E-state index in [-0.39, 0.29) is 11.3 Å². The van der Waals surface area contributed by atoms with Crippen molar-refractivity contribution in [2.45, 2.75) is 12.5 Å². The number of ketones is 1. The van der Waals surface area contributed by atoms with Crippen molar-refractivity contribution in [3.8, 4) is 17.2 Å². The molecule has 1 atom stereocenters. The van der Waals surface area contributed by atoms with Gasteiger partial charge in [0.2, 0.25) is 0 Å². The van der Waals surface area contributed by atoms with Gasteiger partial charge in [-0.15, -0.1) is 0 Å². The summed E-state index contributed by atoms with van der Waals surface area (Å²) >= 11 is 0. The molecule has 1 saturated heterocycles. The van der Waals surface area contributed by atoms with Crippen molar-refractivity contribution < 1.29 is 28.9 Å². The van der Waals surface area contributed by atoms with Gasteiger partial charge < -0.3 is 29.1 Å². The molecule has 8 heteroatoms. The van der Waals surface area contributed by atoms with Gasteiger partial charge in [-0.2, -0.15) is 0 Å². The fraction of sp³-hybridized carbons (Fsp3) is 0.360. The molecule has 8 nitrogen and oxygen atoms in total. The van der Waals surface area contributed by atoms with Crippen LogP contribution in [-0.2, 0) is 9.59 Å². The highest BCUT2D eigenvalue weighted by molar-refractivity contribution is 6.46. The summed E-state index contributed by atoms with van der Waals surface area (Å²) in [5.41, 5.74) is 0.947. The molecule has 1 amide bonds. The van der Waals surface area contributed by atoms with Crippen LogP contribution in [0.25, 0.3) is 5.76 Å². The number of methoxy groups -OCH3 is 3. The molecule has 1 aliphatic rings. The highest BCUT2D eigenvalue weighted by atomic mass is 16.5. The third kappa shape index (κ3) is 4.96. The maximum absolute atomic E-state index is 13.2. The van der Waals surface area contributed by atoms with E-state index in [1.165, 1.54) is 26.2 Å². The predicted octanol–water partition coefficient (Wildman–Crippen LogP) is 3.09. The molecule has 3 rings (SSSR count). The van der Waals surface area contributed by atoms with Crippen LogP contribution in [0.3, 0.4) is 0 Å². The molecule has 0 bridgehead atoms. The Kier molecular flexibility index (Phi) is 7.60. The summed E-state index contributed by atoms with van der Waals surface area (Å²) in [7, 11) is 8.46. The van der Waals surface area contributed by atoms with Crippen molar-refractivity contribution in [2.24, 2.45) is 0 Å². The van der Waals surface area contributed by atoms with Crippen LogP contribution in [0.15, 0.2) is 48.0 Å². The molecule has 0 aromatic heterocycles. The van der Waals surface area contributed by atoms with Gasteiger partial charge in [-0.05, 0) is 57.4 Å².